The summed E-state index contributed by atoms with van der Waals surface area (Å²) < 4.78 is 28.8. The van der Waals surface area contributed by atoms with E-state index in [-0.39, 0.29) is 11.5 Å². The lowest BCUT2D eigenvalue weighted by Crippen LogP contribution is -2.08. The Kier molecular flexibility index (Phi) is 4.85. The van der Waals surface area contributed by atoms with Crippen molar-refractivity contribution in [3.63, 3.8) is 0 Å². The van der Waals surface area contributed by atoms with Crippen LogP contribution in [0.4, 0.5) is 4.39 Å². The standard InChI is InChI=1S/C11H16FNO3/c1-14-9-5-4-8(12)10(15-2)11(9)16-7-3-6-13/h4-5H,3,6-7,13H2,1-2H3. The van der Waals surface area contributed by atoms with Crippen LogP contribution in [0.1, 0.15) is 6.42 Å². The highest BCUT2D eigenvalue weighted by Crippen LogP contribution is 2.39. The van der Waals surface area contributed by atoms with Crippen LogP contribution in [0.2, 0.25) is 0 Å². The van der Waals surface area contributed by atoms with Crippen LogP contribution in [0.5, 0.6) is 17.2 Å². The van der Waals surface area contributed by atoms with Crippen molar-refractivity contribution in [3.8, 4) is 17.2 Å². The third-order valence-corrected chi connectivity index (χ3v) is 2.05. The van der Waals surface area contributed by atoms with Crippen molar-refractivity contribution in [1.29, 1.82) is 0 Å². The second kappa shape index (κ2) is 6.17. The Morgan fingerprint density at radius 2 is 1.94 bits per heavy atom. The summed E-state index contributed by atoms with van der Waals surface area (Å²) in [5.41, 5.74) is 5.35. The van der Waals surface area contributed by atoms with E-state index >= 15 is 0 Å². The second-order valence-electron chi connectivity index (χ2n) is 3.10. The van der Waals surface area contributed by atoms with Gasteiger partial charge in [-0.1, -0.05) is 0 Å². The molecule has 2 N–H and O–H groups in total. The quantitative estimate of drug-likeness (QED) is 0.752. The molecule has 1 aromatic rings. The minimum absolute atomic E-state index is 0.0522. The number of methoxy groups -OCH3 is 2. The van der Waals surface area contributed by atoms with Crippen LogP contribution >= 0.6 is 0 Å². The van der Waals surface area contributed by atoms with E-state index in [4.69, 9.17) is 19.9 Å². The van der Waals surface area contributed by atoms with Crippen LogP contribution in [0.15, 0.2) is 12.1 Å². The van der Waals surface area contributed by atoms with Crippen molar-refractivity contribution in [1.82, 2.24) is 0 Å². The molecule has 5 heteroatoms. The molecular weight excluding hydrogens is 213 g/mol. The molecule has 0 saturated heterocycles. The molecule has 0 amide bonds. The number of halogens is 1. The van der Waals surface area contributed by atoms with Crippen LogP contribution in [0, 0.1) is 5.82 Å². The predicted octanol–water partition coefficient (Wildman–Crippen LogP) is 1.57. The van der Waals surface area contributed by atoms with Gasteiger partial charge >= 0.3 is 0 Å². The summed E-state index contributed by atoms with van der Waals surface area (Å²) in [5, 5.41) is 0. The molecule has 0 radical (unpaired) electrons. The fraction of sp³-hybridized carbons (Fsp3) is 0.455. The zero-order valence-electron chi connectivity index (χ0n) is 9.46. The topological polar surface area (TPSA) is 53.7 Å². The fourth-order valence-electron chi connectivity index (χ4n) is 1.27. The number of benzene rings is 1. The molecule has 1 aromatic carbocycles. The van der Waals surface area contributed by atoms with Crippen molar-refractivity contribution < 1.29 is 18.6 Å². The summed E-state index contributed by atoms with van der Waals surface area (Å²) in [6.45, 7) is 0.909. The monoisotopic (exact) mass is 229 g/mol. The first-order valence-electron chi connectivity index (χ1n) is 4.98. The highest BCUT2D eigenvalue weighted by molar-refractivity contribution is 5.51. The van der Waals surface area contributed by atoms with Gasteiger partial charge in [-0.05, 0) is 25.1 Å². The molecule has 0 atom stereocenters. The molecule has 0 saturated carbocycles. The van der Waals surface area contributed by atoms with Gasteiger partial charge in [0, 0.05) is 0 Å². The third-order valence-electron chi connectivity index (χ3n) is 2.05. The van der Waals surface area contributed by atoms with Crippen LogP contribution in [-0.4, -0.2) is 27.4 Å². The van der Waals surface area contributed by atoms with Gasteiger partial charge in [0.25, 0.3) is 0 Å². The highest BCUT2D eigenvalue weighted by Gasteiger charge is 2.16. The van der Waals surface area contributed by atoms with Gasteiger partial charge in [0.05, 0.1) is 20.8 Å². The van der Waals surface area contributed by atoms with Gasteiger partial charge in [0.1, 0.15) is 0 Å². The van der Waals surface area contributed by atoms with Crippen LogP contribution in [0.3, 0.4) is 0 Å². The summed E-state index contributed by atoms with van der Waals surface area (Å²) >= 11 is 0. The molecule has 1 rings (SSSR count). The third kappa shape index (κ3) is 2.76. The lowest BCUT2D eigenvalue weighted by Gasteiger charge is -2.14. The van der Waals surface area contributed by atoms with Gasteiger partial charge < -0.3 is 19.9 Å². The molecule has 0 aliphatic heterocycles. The number of rotatable bonds is 6. The van der Waals surface area contributed by atoms with Crippen LogP contribution in [0.25, 0.3) is 0 Å². The van der Waals surface area contributed by atoms with Gasteiger partial charge in [0.2, 0.25) is 11.5 Å². The molecule has 4 nitrogen and oxygen atoms in total. The SMILES string of the molecule is COc1ccc(F)c(OC)c1OCCCN. The summed E-state index contributed by atoms with van der Waals surface area (Å²) in [6.07, 6.45) is 0.683. The van der Waals surface area contributed by atoms with Crippen molar-refractivity contribution >= 4 is 0 Å². The minimum Gasteiger partial charge on any atom is -0.493 e. The van der Waals surface area contributed by atoms with Crippen molar-refractivity contribution in [2.45, 2.75) is 6.42 Å². The van der Waals surface area contributed by atoms with Gasteiger partial charge in [-0.3, -0.25) is 0 Å². The number of hydrogen-bond donors (Lipinski definition) is 1. The lowest BCUT2D eigenvalue weighted by atomic mass is 10.3. The van der Waals surface area contributed by atoms with E-state index in [1.165, 1.54) is 26.4 Å². The Balaban J connectivity index is 2.95. The van der Waals surface area contributed by atoms with E-state index in [1.807, 2.05) is 0 Å². The molecule has 0 spiro atoms. The first kappa shape index (κ1) is 12.6. The number of nitrogens with two attached hydrogens (primary N) is 1. The van der Waals surface area contributed by atoms with E-state index in [0.717, 1.165) is 0 Å². The first-order chi connectivity index (χ1) is 7.74. The molecule has 0 fully saturated rings. The highest BCUT2D eigenvalue weighted by atomic mass is 19.1. The molecule has 16 heavy (non-hydrogen) atoms. The zero-order chi connectivity index (χ0) is 12.0. The van der Waals surface area contributed by atoms with Crippen LogP contribution in [-0.2, 0) is 0 Å². The van der Waals surface area contributed by atoms with E-state index < -0.39 is 5.82 Å². The molecular formula is C11H16FNO3. The smallest absolute Gasteiger partial charge is 0.206 e. The molecule has 0 aliphatic rings. The van der Waals surface area contributed by atoms with Gasteiger partial charge in [-0.2, -0.15) is 0 Å². The molecule has 0 aliphatic carbocycles. The van der Waals surface area contributed by atoms with Gasteiger partial charge in [-0.15, -0.1) is 0 Å². The molecule has 0 heterocycles. The Labute approximate surface area is 94.1 Å². The van der Waals surface area contributed by atoms with E-state index in [0.29, 0.717) is 25.3 Å². The number of hydrogen-bond acceptors (Lipinski definition) is 4. The maximum atomic E-state index is 13.4. The average Bonchev–Trinajstić information content (AvgIpc) is 2.30. The largest absolute Gasteiger partial charge is 0.493 e. The van der Waals surface area contributed by atoms with Gasteiger partial charge in [-0.25, -0.2) is 4.39 Å². The van der Waals surface area contributed by atoms with Crippen molar-refractivity contribution in [3.05, 3.63) is 17.9 Å². The molecule has 90 valence electrons. The summed E-state index contributed by atoms with van der Waals surface area (Å²) in [4.78, 5) is 0. The van der Waals surface area contributed by atoms with E-state index in [2.05, 4.69) is 0 Å². The lowest BCUT2D eigenvalue weighted by molar-refractivity contribution is 0.266. The second-order valence-corrected chi connectivity index (χ2v) is 3.10. The normalized spacial score (nSPS) is 10.0. The predicted molar refractivity (Wildman–Crippen MR) is 58.7 cm³/mol. The summed E-state index contributed by atoms with van der Waals surface area (Å²) in [6, 6.07) is 2.77. The Morgan fingerprint density at radius 3 is 2.50 bits per heavy atom. The maximum absolute atomic E-state index is 13.4. The maximum Gasteiger partial charge on any atom is 0.206 e. The molecule has 0 aromatic heterocycles. The van der Waals surface area contributed by atoms with E-state index in [1.54, 1.807) is 0 Å². The van der Waals surface area contributed by atoms with Gasteiger partial charge in [0.15, 0.2) is 11.6 Å². The molecule has 0 bridgehead atoms. The Hall–Kier alpha value is -1.49. The zero-order valence-corrected chi connectivity index (χ0v) is 9.46. The Bertz CT molecular complexity index is 344. The van der Waals surface area contributed by atoms with Crippen molar-refractivity contribution in [2.75, 3.05) is 27.4 Å². The number of ether oxygens (including phenoxy) is 3. The first-order valence-corrected chi connectivity index (χ1v) is 4.98. The molecule has 0 unspecified atom stereocenters. The van der Waals surface area contributed by atoms with Crippen molar-refractivity contribution in [2.24, 2.45) is 5.73 Å². The summed E-state index contributed by atoms with van der Waals surface area (Å²) in [7, 11) is 2.87. The summed E-state index contributed by atoms with van der Waals surface area (Å²) in [5.74, 6) is 0.288. The van der Waals surface area contributed by atoms with Crippen LogP contribution < -0.4 is 19.9 Å². The van der Waals surface area contributed by atoms with E-state index in [9.17, 15) is 4.39 Å². The Morgan fingerprint density at radius 1 is 1.19 bits per heavy atom. The average molecular weight is 229 g/mol. The minimum atomic E-state index is -0.481. The fourth-order valence-corrected chi connectivity index (χ4v) is 1.27.